The first-order chi connectivity index (χ1) is 2.73. The normalized spacial score (nSPS) is 6.83. The van der Waals surface area contributed by atoms with Crippen LogP contribution in [0.5, 0.6) is 0 Å². The van der Waals surface area contributed by atoms with Gasteiger partial charge in [-0.25, -0.2) is 4.21 Å². The third-order valence-corrected chi connectivity index (χ3v) is 0. The molecule has 0 saturated heterocycles. The molecule has 0 aromatic heterocycles. The van der Waals surface area contributed by atoms with Gasteiger partial charge in [0, 0.05) is 36.4 Å². The van der Waals surface area contributed by atoms with Crippen molar-refractivity contribution in [2.24, 2.45) is 0 Å². The highest BCUT2D eigenvalue weighted by Gasteiger charge is 1.67. The molecule has 0 saturated carbocycles. The minimum atomic E-state index is -1.67. The van der Waals surface area contributed by atoms with E-state index in [0.717, 1.165) is 0 Å². The molecule has 0 aliphatic rings. The topological polar surface area (TPSA) is 17.1 Å². The van der Waals surface area contributed by atoms with Crippen molar-refractivity contribution < 1.29 is 4.21 Å². The van der Waals surface area contributed by atoms with Gasteiger partial charge in [0.15, 0.2) is 0 Å². The van der Waals surface area contributed by atoms with Crippen molar-refractivity contribution >= 4 is 55.7 Å². The summed E-state index contributed by atoms with van der Waals surface area (Å²) in [4.78, 5) is 0. The van der Waals surface area contributed by atoms with E-state index in [-0.39, 0.29) is 0 Å². The number of hydrogen-bond acceptors (Lipinski definition) is 1. The predicted octanol–water partition coefficient (Wildman–Crippen LogP) is 2.58. The van der Waals surface area contributed by atoms with Crippen molar-refractivity contribution in [1.29, 1.82) is 0 Å². The Kier molecular flexibility index (Phi) is 17.0. The summed E-state index contributed by atoms with van der Waals surface area (Å²) >= 11 is 2.41. The van der Waals surface area contributed by atoms with Crippen LogP contribution in [0.15, 0.2) is 0 Å². The van der Waals surface area contributed by atoms with Crippen LogP contribution >= 0.6 is 46.5 Å². The molecule has 0 N–H and O–H groups in total. The van der Waals surface area contributed by atoms with Crippen LogP contribution in [-0.4, -0.2) is 4.21 Å². The highest BCUT2D eigenvalue weighted by molar-refractivity contribution is 9.22. The second kappa shape index (κ2) is 9.71. The summed E-state index contributed by atoms with van der Waals surface area (Å²) in [7, 11) is 11.8. The third kappa shape index (κ3) is 49.5. The molecule has 6 heteroatoms. The van der Waals surface area contributed by atoms with Gasteiger partial charge in [-0.3, -0.25) is 0 Å². The lowest BCUT2D eigenvalue weighted by Gasteiger charge is -1.50. The zero-order valence-electron chi connectivity index (χ0n) is 2.33. The van der Waals surface area contributed by atoms with Crippen LogP contribution in [-0.2, 0) is 9.23 Å². The third-order valence-electron chi connectivity index (χ3n) is 0. The van der Waals surface area contributed by atoms with Gasteiger partial charge in [0.05, 0.1) is 0 Å². The average molecular weight is 234 g/mol. The summed E-state index contributed by atoms with van der Waals surface area (Å²) in [6.07, 6.45) is 0. The van der Waals surface area contributed by atoms with Crippen molar-refractivity contribution in [1.82, 2.24) is 0 Å². The lowest BCUT2D eigenvalue weighted by atomic mass is 16.0. The Morgan fingerprint density at radius 3 is 1.33 bits per heavy atom. The minimum Gasteiger partial charge on any atom is -0.225 e. The molecule has 0 rings (SSSR count). The summed E-state index contributed by atoms with van der Waals surface area (Å²) in [6.45, 7) is 0. The van der Waals surface area contributed by atoms with Crippen LogP contribution in [0.25, 0.3) is 0 Å². The Morgan fingerprint density at radius 1 is 1.33 bits per heavy atom. The molecule has 6 heavy (non-hydrogen) atoms. The highest BCUT2D eigenvalue weighted by Crippen LogP contribution is 1.89. The van der Waals surface area contributed by atoms with E-state index in [0.29, 0.717) is 0 Å². The number of rotatable bonds is 0. The number of halogens is 4. The fourth-order valence-electron chi connectivity index (χ4n) is 0. The molecule has 0 aromatic rings. The second-order valence-electron chi connectivity index (χ2n) is 0.184. The van der Waals surface area contributed by atoms with E-state index in [9.17, 15) is 0 Å². The molecule has 0 bridgehead atoms. The molecular weight excluding hydrogens is 234 g/mol. The molecule has 0 unspecified atom stereocenters. The fourth-order valence-corrected chi connectivity index (χ4v) is 0. The first-order valence-electron chi connectivity index (χ1n) is 0.618. The summed E-state index contributed by atoms with van der Waals surface area (Å²) in [5.41, 5.74) is 0. The highest BCUT2D eigenvalue weighted by atomic mass is 79.9. The van der Waals surface area contributed by atoms with Crippen LogP contribution < -0.4 is 0 Å². The van der Waals surface area contributed by atoms with Crippen LogP contribution in [0.4, 0.5) is 0 Å². The van der Waals surface area contributed by atoms with E-state index in [1.54, 1.807) is 0 Å². The van der Waals surface area contributed by atoms with E-state index in [2.05, 4.69) is 46.5 Å². The van der Waals surface area contributed by atoms with E-state index >= 15 is 0 Å². The molecule has 0 aliphatic heterocycles. The number of hydrogen-bond donors (Lipinski definition) is 0. The molecule has 0 heterocycles. The molecule has 0 amide bonds. The predicted molar refractivity (Wildman–Crippen MR) is 34.6 cm³/mol. The van der Waals surface area contributed by atoms with Gasteiger partial charge in [0.2, 0.25) is 9.23 Å². The molecule has 0 radical (unpaired) electrons. The first kappa shape index (κ1) is 10.5. The minimum absolute atomic E-state index is 1.67. The molecule has 0 aliphatic carbocycles. The van der Waals surface area contributed by atoms with Gasteiger partial charge in [-0.05, 0) is 10.1 Å². The van der Waals surface area contributed by atoms with Crippen molar-refractivity contribution in [2.75, 3.05) is 0 Å². The molecule has 0 fully saturated rings. The Bertz CT molecular complexity index is 33.8. The average Bonchev–Trinajstić information content (AvgIpc) is 1.41. The Balaban J connectivity index is 0. The molecule has 0 atom stereocenters. The Hall–Kier alpha value is 1.50. The molecule has 0 aromatic carbocycles. The summed E-state index contributed by atoms with van der Waals surface area (Å²) in [5.74, 6) is 0. The van der Waals surface area contributed by atoms with Gasteiger partial charge in [-0.2, -0.15) is 0 Å². The van der Waals surface area contributed by atoms with Gasteiger partial charge in [-0.15, -0.1) is 0 Å². The lowest BCUT2D eigenvalue weighted by molar-refractivity contribution is 0.698. The second-order valence-corrected chi connectivity index (χ2v) is 2.71. The van der Waals surface area contributed by atoms with Crippen LogP contribution in [0.2, 0.25) is 0 Å². The first-order valence-corrected chi connectivity index (χ1v) is 5.50. The van der Waals surface area contributed by atoms with Crippen molar-refractivity contribution in [3.05, 3.63) is 0 Å². The molecular formula is BrCl3OS. The SMILES string of the molecule is ClBr.O=S(Cl)Cl. The maximum Gasteiger partial charge on any atom is 0.211 e. The van der Waals surface area contributed by atoms with Gasteiger partial charge >= 0.3 is 0 Å². The zero-order chi connectivity index (χ0) is 5.58. The Labute approximate surface area is 59.8 Å². The van der Waals surface area contributed by atoms with Gasteiger partial charge in [0.1, 0.15) is 0 Å². The molecule has 40 valence electrons. The van der Waals surface area contributed by atoms with Crippen LogP contribution in [0, 0.1) is 0 Å². The lowest BCUT2D eigenvalue weighted by Crippen LogP contribution is -1.41. The Morgan fingerprint density at radius 2 is 1.33 bits per heavy atom. The van der Waals surface area contributed by atoms with Crippen LogP contribution in [0.1, 0.15) is 0 Å². The van der Waals surface area contributed by atoms with Crippen LogP contribution in [0.3, 0.4) is 0 Å². The van der Waals surface area contributed by atoms with E-state index < -0.39 is 9.23 Å². The largest absolute Gasteiger partial charge is 0.225 e. The zero-order valence-corrected chi connectivity index (χ0v) is 7.00. The van der Waals surface area contributed by atoms with Gasteiger partial charge in [0.25, 0.3) is 0 Å². The molecule has 0 spiro atoms. The van der Waals surface area contributed by atoms with Crippen molar-refractivity contribution in [3.8, 4) is 0 Å². The van der Waals surface area contributed by atoms with Crippen molar-refractivity contribution in [3.63, 3.8) is 0 Å². The van der Waals surface area contributed by atoms with Gasteiger partial charge in [-0.1, -0.05) is 0 Å². The van der Waals surface area contributed by atoms with E-state index in [1.165, 1.54) is 0 Å². The fraction of sp³-hybridized carbons (Fsp3) is 0. The standard InChI is InChI=1S/BrCl.Cl2OS/c1-2;1-4(2)3. The smallest absolute Gasteiger partial charge is 0.211 e. The summed E-state index contributed by atoms with van der Waals surface area (Å²) in [6, 6.07) is 0. The molecule has 1 nitrogen and oxygen atoms in total. The summed E-state index contributed by atoms with van der Waals surface area (Å²) in [5, 5.41) is 0. The maximum absolute atomic E-state index is 9.09. The monoisotopic (exact) mass is 232 g/mol. The van der Waals surface area contributed by atoms with Gasteiger partial charge < -0.3 is 0 Å². The van der Waals surface area contributed by atoms with E-state index in [1.807, 2.05) is 0 Å². The van der Waals surface area contributed by atoms with Crippen molar-refractivity contribution in [2.45, 2.75) is 0 Å². The summed E-state index contributed by atoms with van der Waals surface area (Å²) < 4.78 is 9.09. The quantitative estimate of drug-likeness (QED) is 0.589. The van der Waals surface area contributed by atoms with E-state index in [4.69, 9.17) is 4.21 Å². The maximum atomic E-state index is 9.09.